The molecule has 0 aliphatic heterocycles. The number of aromatic hydroxyl groups is 1. The first-order valence-electron chi connectivity index (χ1n) is 8.58. The van der Waals surface area contributed by atoms with E-state index in [4.69, 9.17) is 5.73 Å². The van der Waals surface area contributed by atoms with Crippen LogP contribution < -0.4 is 16.4 Å². The fourth-order valence-corrected chi connectivity index (χ4v) is 2.81. The van der Waals surface area contributed by atoms with E-state index in [1.54, 1.807) is 36.4 Å². The van der Waals surface area contributed by atoms with Crippen LogP contribution in [-0.2, 0) is 0 Å². The molecule has 4 rings (SSSR count). The Bertz CT molecular complexity index is 1140. The summed E-state index contributed by atoms with van der Waals surface area (Å²) in [7, 11) is 0. The number of hydrogen-bond acceptors (Lipinski definition) is 6. The highest BCUT2D eigenvalue weighted by Gasteiger charge is 2.09. The van der Waals surface area contributed by atoms with Crippen LogP contribution in [0.2, 0.25) is 0 Å². The third kappa shape index (κ3) is 3.54. The van der Waals surface area contributed by atoms with Gasteiger partial charge in [-0.15, -0.1) is 10.2 Å². The number of phenolic OH excluding ortho intramolecular Hbond substituents is 1. The molecule has 1 aromatic heterocycles. The number of benzene rings is 3. The second kappa shape index (κ2) is 7.24. The van der Waals surface area contributed by atoms with E-state index >= 15 is 0 Å². The van der Waals surface area contributed by atoms with Gasteiger partial charge >= 0.3 is 0 Å². The Balaban J connectivity index is 1.52. The number of anilines is 4. The first-order valence-corrected chi connectivity index (χ1v) is 8.58. The number of carbonyl (C=O) groups is 1. The number of fused-ring (bicyclic) bond motifs is 1. The summed E-state index contributed by atoms with van der Waals surface area (Å²) in [5.74, 6) is 0.871. The summed E-state index contributed by atoms with van der Waals surface area (Å²) >= 11 is 0. The van der Waals surface area contributed by atoms with Crippen molar-refractivity contribution in [2.75, 3.05) is 16.4 Å². The van der Waals surface area contributed by atoms with E-state index in [0.717, 1.165) is 16.5 Å². The maximum atomic E-state index is 12.4. The molecule has 0 spiro atoms. The number of nitrogens with one attached hydrogen (secondary N) is 2. The van der Waals surface area contributed by atoms with Crippen molar-refractivity contribution in [3.63, 3.8) is 0 Å². The predicted octanol–water partition coefficient (Wildman–Crippen LogP) is 3.91. The molecule has 0 bridgehead atoms. The molecule has 7 heteroatoms. The van der Waals surface area contributed by atoms with E-state index in [9.17, 15) is 9.90 Å². The molecule has 3 aromatic carbocycles. The Morgan fingerprint density at radius 2 is 1.46 bits per heavy atom. The lowest BCUT2D eigenvalue weighted by molar-refractivity contribution is 0.102. The van der Waals surface area contributed by atoms with E-state index < -0.39 is 0 Å². The molecule has 0 aliphatic carbocycles. The van der Waals surface area contributed by atoms with Crippen LogP contribution in [0, 0.1) is 0 Å². The summed E-state index contributed by atoms with van der Waals surface area (Å²) in [4.78, 5) is 12.4. The molecule has 0 aliphatic rings. The Kier molecular flexibility index (Phi) is 4.47. The second-order valence-corrected chi connectivity index (χ2v) is 6.18. The topological polar surface area (TPSA) is 113 Å². The number of nitrogens with zero attached hydrogens (tertiary/aromatic N) is 2. The summed E-state index contributed by atoms with van der Waals surface area (Å²) in [6.07, 6.45) is 0. The zero-order valence-corrected chi connectivity index (χ0v) is 14.8. The molecular formula is C21H17N5O2. The lowest BCUT2D eigenvalue weighted by Gasteiger charge is -2.10. The summed E-state index contributed by atoms with van der Waals surface area (Å²) in [6, 6.07) is 20.9. The molecule has 1 amide bonds. The SMILES string of the molecule is Nc1nnc(Nc2ccc(C(=O)Nc3ccc(O)cc3)cc2)c2ccccc12. The van der Waals surface area contributed by atoms with Crippen LogP contribution >= 0.6 is 0 Å². The van der Waals surface area contributed by atoms with Crippen LogP contribution in [0.25, 0.3) is 10.8 Å². The van der Waals surface area contributed by atoms with Gasteiger partial charge in [-0.2, -0.15) is 0 Å². The number of hydrogen-bond donors (Lipinski definition) is 4. The van der Waals surface area contributed by atoms with Crippen molar-refractivity contribution >= 4 is 39.7 Å². The van der Waals surface area contributed by atoms with Crippen molar-refractivity contribution < 1.29 is 9.90 Å². The van der Waals surface area contributed by atoms with Gasteiger partial charge in [0.15, 0.2) is 11.6 Å². The molecule has 1 heterocycles. The molecule has 0 saturated carbocycles. The maximum absolute atomic E-state index is 12.4. The summed E-state index contributed by atoms with van der Waals surface area (Å²) in [5, 5.41) is 25.1. The van der Waals surface area contributed by atoms with E-state index in [1.807, 2.05) is 24.3 Å². The van der Waals surface area contributed by atoms with Gasteiger partial charge in [0.2, 0.25) is 0 Å². The van der Waals surface area contributed by atoms with Crippen LogP contribution in [0.4, 0.5) is 23.0 Å². The molecular weight excluding hydrogens is 354 g/mol. The quantitative estimate of drug-likeness (QED) is 0.405. The Hall–Kier alpha value is -4.13. The van der Waals surface area contributed by atoms with Gasteiger partial charge in [0.05, 0.1) is 0 Å². The van der Waals surface area contributed by atoms with Gasteiger partial charge < -0.3 is 21.5 Å². The van der Waals surface area contributed by atoms with Gasteiger partial charge in [-0.3, -0.25) is 4.79 Å². The highest BCUT2D eigenvalue weighted by atomic mass is 16.3. The van der Waals surface area contributed by atoms with Gasteiger partial charge in [0.1, 0.15) is 5.75 Å². The predicted molar refractivity (Wildman–Crippen MR) is 110 cm³/mol. The largest absolute Gasteiger partial charge is 0.508 e. The number of rotatable bonds is 4. The molecule has 0 fully saturated rings. The molecule has 28 heavy (non-hydrogen) atoms. The van der Waals surface area contributed by atoms with Crippen molar-refractivity contribution in [1.82, 2.24) is 10.2 Å². The van der Waals surface area contributed by atoms with Crippen molar-refractivity contribution in [3.05, 3.63) is 78.4 Å². The van der Waals surface area contributed by atoms with Gasteiger partial charge in [0, 0.05) is 27.7 Å². The number of aromatic nitrogens is 2. The first-order chi connectivity index (χ1) is 13.6. The van der Waals surface area contributed by atoms with Crippen molar-refractivity contribution in [2.24, 2.45) is 0 Å². The zero-order valence-electron chi connectivity index (χ0n) is 14.8. The lowest BCUT2D eigenvalue weighted by Crippen LogP contribution is -2.11. The lowest BCUT2D eigenvalue weighted by atomic mass is 10.1. The molecule has 138 valence electrons. The summed E-state index contributed by atoms with van der Waals surface area (Å²) in [5.41, 5.74) is 7.76. The van der Waals surface area contributed by atoms with Gasteiger partial charge in [-0.25, -0.2) is 0 Å². The van der Waals surface area contributed by atoms with E-state index in [1.165, 1.54) is 12.1 Å². The molecule has 0 saturated heterocycles. The number of nitrogen functional groups attached to an aromatic ring is 1. The monoisotopic (exact) mass is 371 g/mol. The van der Waals surface area contributed by atoms with Crippen LogP contribution in [0.5, 0.6) is 5.75 Å². The third-order valence-corrected chi connectivity index (χ3v) is 4.25. The van der Waals surface area contributed by atoms with Crippen LogP contribution in [-0.4, -0.2) is 21.2 Å². The van der Waals surface area contributed by atoms with Gasteiger partial charge in [0.25, 0.3) is 5.91 Å². The standard InChI is InChI=1S/C21H17N5O2/c22-19-17-3-1-2-4-18(17)20(26-25-19)23-14-7-5-13(6-8-14)21(28)24-15-9-11-16(27)12-10-15/h1-12,27H,(H2,22,25)(H,23,26)(H,24,28). The third-order valence-electron chi connectivity index (χ3n) is 4.25. The Labute approximate surface area is 160 Å². The summed E-state index contributed by atoms with van der Waals surface area (Å²) < 4.78 is 0. The van der Waals surface area contributed by atoms with E-state index in [2.05, 4.69) is 20.8 Å². The van der Waals surface area contributed by atoms with Crippen LogP contribution in [0.3, 0.4) is 0 Å². The molecule has 0 radical (unpaired) electrons. The van der Waals surface area contributed by atoms with Crippen LogP contribution in [0.15, 0.2) is 72.8 Å². The van der Waals surface area contributed by atoms with Gasteiger partial charge in [-0.1, -0.05) is 24.3 Å². The smallest absolute Gasteiger partial charge is 0.255 e. The average Bonchev–Trinajstić information content (AvgIpc) is 2.72. The minimum absolute atomic E-state index is 0.145. The number of carbonyl (C=O) groups excluding carboxylic acids is 1. The van der Waals surface area contributed by atoms with Crippen LogP contribution in [0.1, 0.15) is 10.4 Å². The zero-order chi connectivity index (χ0) is 19.5. The Morgan fingerprint density at radius 1 is 0.821 bits per heavy atom. The number of amides is 1. The van der Waals surface area contributed by atoms with Crippen molar-refractivity contribution in [3.8, 4) is 5.75 Å². The number of nitrogens with two attached hydrogens (primary N) is 1. The molecule has 0 unspecified atom stereocenters. The average molecular weight is 371 g/mol. The molecule has 0 atom stereocenters. The van der Waals surface area contributed by atoms with Gasteiger partial charge in [-0.05, 0) is 48.5 Å². The minimum Gasteiger partial charge on any atom is -0.508 e. The normalized spacial score (nSPS) is 10.6. The first kappa shape index (κ1) is 17.3. The fourth-order valence-electron chi connectivity index (χ4n) is 2.81. The van der Waals surface area contributed by atoms with E-state index in [0.29, 0.717) is 22.9 Å². The minimum atomic E-state index is -0.241. The van der Waals surface area contributed by atoms with Crippen molar-refractivity contribution in [1.29, 1.82) is 0 Å². The molecule has 5 N–H and O–H groups in total. The van der Waals surface area contributed by atoms with E-state index in [-0.39, 0.29) is 11.7 Å². The highest BCUT2D eigenvalue weighted by Crippen LogP contribution is 2.26. The van der Waals surface area contributed by atoms with Crippen molar-refractivity contribution in [2.45, 2.75) is 0 Å². The fraction of sp³-hybridized carbons (Fsp3) is 0. The molecule has 7 nitrogen and oxygen atoms in total. The Morgan fingerprint density at radius 3 is 2.18 bits per heavy atom. The second-order valence-electron chi connectivity index (χ2n) is 6.18. The maximum Gasteiger partial charge on any atom is 0.255 e. The summed E-state index contributed by atoms with van der Waals surface area (Å²) in [6.45, 7) is 0. The molecule has 4 aromatic rings. The highest BCUT2D eigenvalue weighted by molar-refractivity contribution is 6.04. The number of phenols is 1.